The largest absolute Gasteiger partial charge is 0.362 e. The normalized spacial score (nSPS) is 24.2. The molecule has 3 N–H and O–H groups in total. The second kappa shape index (κ2) is 5.15. The Bertz CT molecular complexity index is 705. The molecule has 0 saturated carbocycles. The number of hydrazine groups is 1. The number of hydrogen-bond donors (Lipinski definition) is 2. The van der Waals surface area contributed by atoms with Crippen LogP contribution in [0.3, 0.4) is 0 Å². The van der Waals surface area contributed by atoms with Crippen molar-refractivity contribution in [2.75, 3.05) is 6.54 Å². The molecule has 12 heteroatoms. The summed E-state index contributed by atoms with van der Waals surface area (Å²) in [5.41, 5.74) is 2.23. The Morgan fingerprint density at radius 2 is 2.32 bits per heavy atom. The van der Waals surface area contributed by atoms with Crippen LogP contribution < -0.4 is 5.84 Å². The fraction of sp³-hybridized carbons (Fsp3) is 0.500. The van der Waals surface area contributed by atoms with E-state index in [2.05, 4.69) is 4.98 Å². The number of thiazole rings is 1. The zero-order chi connectivity index (χ0) is 16.1. The van der Waals surface area contributed by atoms with Crippen molar-refractivity contribution < 1.29 is 22.6 Å². The molecule has 3 heterocycles. The number of carbonyl (C=O) groups is 2. The molecule has 0 aromatic carbocycles. The van der Waals surface area contributed by atoms with Crippen LogP contribution in [-0.2, 0) is 21.6 Å². The lowest BCUT2D eigenvalue weighted by molar-refractivity contribution is -0.143. The Hall–Kier alpha value is -1.76. The van der Waals surface area contributed by atoms with Gasteiger partial charge in [-0.2, -0.15) is 8.42 Å². The molecule has 1 aromatic heterocycles. The first-order valence-corrected chi connectivity index (χ1v) is 8.65. The van der Waals surface area contributed by atoms with E-state index in [-0.39, 0.29) is 19.5 Å². The summed E-state index contributed by atoms with van der Waals surface area (Å²) in [7, 11) is -4.59. The Morgan fingerprint density at radius 3 is 2.91 bits per heavy atom. The van der Waals surface area contributed by atoms with Crippen molar-refractivity contribution in [3.8, 4) is 0 Å². The summed E-state index contributed by atoms with van der Waals surface area (Å²) in [5, 5.41) is 2.68. The summed E-state index contributed by atoms with van der Waals surface area (Å²) < 4.78 is 31.6. The van der Waals surface area contributed by atoms with Crippen molar-refractivity contribution in [1.82, 2.24) is 19.2 Å². The fourth-order valence-corrected chi connectivity index (χ4v) is 4.20. The monoisotopic (exact) mass is 347 g/mol. The van der Waals surface area contributed by atoms with Gasteiger partial charge >= 0.3 is 16.3 Å². The Morgan fingerprint density at radius 1 is 1.59 bits per heavy atom. The highest BCUT2D eigenvalue weighted by Gasteiger charge is 2.60. The predicted octanol–water partition coefficient (Wildman–Crippen LogP) is -0.973. The van der Waals surface area contributed by atoms with Gasteiger partial charge in [0.15, 0.2) is 0 Å². The van der Waals surface area contributed by atoms with E-state index in [0.29, 0.717) is 10.00 Å². The first-order valence-electron chi connectivity index (χ1n) is 6.31. The van der Waals surface area contributed by atoms with Crippen molar-refractivity contribution in [1.29, 1.82) is 0 Å². The minimum atomic E-state index is -4.59. The number of β-lactam (4-membered cyclic amide) rings is 1. The van der Waals surface area contributed by atoms with Crippen LogP contribution in [0.2, 0.25) is 0 Å². The van der Waals surface area contributed by atoms with Gasteiger partial charge in [-0.1, -0.05) is 0 Å². The van der Waals surface area contributed by atoms with Crippen LogP contribution in [0.1, 0.15) is 12.1 Å². The number of rotatable bonds is 3. The second-order valence-corrected chi connectivity index (χ2v) is 7.00. The lowest BCUT2D eigenvalue weighted by Crippen LogP contribution is -2.69. The van der Waals surface area contributed by atoms with Gasteiger partial charge in [-0.15, -0.1) is 11.3 Å². The molecule has 2 unspecified atom stereocenters. The topological polar surface area (TPSA) is 137 Å². The highest BCUT2D eigenvalue weighted by atomic mass is 32.2. The molecular formula is C10H13N5O5S2. The van der Waals surface area contributed by atoms with E-state index in [1.54, 1.807) is 10.9 Å². The lowest BCUT2D eigenvalue weighted by Gasteiger charge is -2.42. The SMILES string of the molecule is NN(Cc1cscn1)C(=O)N1CCC2C1C(=O)N2S(=O)(=O)O. The van der Waals surface area contributed by atoms with Gasteiger partial charge in [0.2, 0.25) is 0 Å². The minimum Gasteiger partial charge on any atom is -0.309 e. The average Bonchev–Trinajstić information content (AvgIpc) is 3.03. The molecule has 10 nitrogen and oxygen atoms in total. The fourth-order valence-electron chi connectivity index (χ4n) is 2.75. The maximum atomic E-state index is 12.3. The van der Waals surface area contributed by atoms with Crippen LogP contribution in [0.5, 0.6) is 0 Å². The number of fused-ring (bicyclic) bond motifs is 1. The van der Waals surface area contributed by atoms with Crippen molar-refractivity contribution in [3.63, 3.8) is 0 Å². The van der Waals surface area contributed by atoms with Crippen LogP contribution in [0.15, 0.2) is 10.9 Å². The van der Waals surface area contributed by atoms with Crippen molar-refractivity contribution in [3.05, 3.63) is 16.6 Å². The minimum absolute atomic E-state index is 0.0897. The summed E-state index contributed by atoms with van der Waals surface area (Å²) >= 11 is 1.37. The number of urea groups is 1. The van der Waals surface area contributed by atoms with Gasteiger partial charge in [-0.05, 0) is 6.42 Å². The van der Waals surface area contributed by atoms with Crippen LogP contribution in [0.25, 0.3) is 0 Å². The highest BCUT2D eigenvalue weighted by molar-refractivity contribution is 7.84. The zero-order valence-corrected chi connectivity index (χ0v) is 12.8. The molecule has 2 aliphatic heterocycles. The number of nitrogens with zero attached hydrogens (tertiary/aromatic N) is 4. The van der Waals surface area contributed by atoms with Gasteiger partial charge < -0.3 is 4.90 Å². The van der Waals surface area contributed by atoms with Gasteiger partial charge in [-0.25, -0.2) is 19.9 Å². The van der Waals surface area contributed by atoms with Crippen molar-refractivity contribution in [2.24, 2.45) is 5.84 Å². The molecule has 0 radical (unpaired) electrons. The summed E-state index contributed by atoms with van der Waals surface area (Å²) in [6, 6.07) is -2.20. The maximum Gasteiger partial charge on any atom is 0.362 e. The second-order valence-electron chi connectivity index (χ2n) is 5.00. The third-order valence-electron chi connectivity index (χ3n) is 3.69. The van der Waals surface area contributed by atoms with Gasteiger partial charge in [0, 0.05) is 11.9 Å². The maximum absolute atomic E-state index is 12.3. The summed E-state index contributed by atoms with van der Waals surface area (Å²) in [6.45, 7) is 0.281. The van der Waals surface area contributed by atoms with Crippen LogP contribution in [-0.4, -0.2) is 62.7 Å². The predicted molar refractivity (Wildman–Crippen MR) is 74.5 cm³/mol. The molecule has 1 aromatic rings. The van der Waals surface area contributed by atoms with Crippen molar-refractivity contribution in [2.45, 2.75) is 25.0 Å². The molecule has 3 rings (SSSR count). The smallest absolute Gasteiger partial charge is 0.309 e. The first kappa shape index (κ1) is 15.1. The summed E-state index contributed by atoms with van der Waals surface area (Å²) in [5.74, 6) is 4.88. The van der Waals surface area contributed by atoms with E-state index in [4.69, 9.17) is 10.4 Å². The molecule has 2 aliphatic rings. The number of hydrogen-bond acceptors (Lipinski definition) is 7. The summed E-state index contributed by atoms with van der Waals surface area (Å²) in [6.07, 6.45) is 0.270. The van der Waals surface area contributed by atoms with Crippen LogP contribution in [0, 0.1) is 0 Å². The van der Waals surface area contributed by atoms with Gasteiger partial charge in [0.25, 0.3) is 5.91 Å². The average molecular weight is 347 g/mol. The van der Waals surface area contributed by atoms with Crippen molar-refractivity contribution >= 4 is 33.6 Å². The number of carbonyl (C=O) groups excluding carboxylic acids is 2. The van der Waals surface area contributed by atoms with E-state index in [1.807, 2.05) is 0 Å². The van der Waals surface area contributed by atoms with Gasteiger partial charge in [0.05, 0.1) is 23.8 Å². The van der Waals surface area contributed by atoms with E-state index in [0.717, 1.165) is 5.01 Å². The Kier molecular flexibility index (Phi) is 3.55. The molecular weight excluding hydrogens is 334 g/mol. The first-order chi connectivity index (χ1) is 10.3. The highest BCUT2D eigenvalue weighted by Crippen LogP contribution is 2.35. The molecule has 2 atom stereocenters. The number of aromatic nitrogens is 1. The van der Waals surface area contributed by atoms with E-state index in [1.165, 1.54) is 16.2 Å². The standard InChI is InChI=1S/C10H13N5O5S2/c11-14(3-6-4-21-5-12-6)10(17)13-2-1-7-8(13)9(16)15(7)22(18,19)20/h4-5,7-8H,1-3,11H2,(H,18,19,20). The molecule has 22 heavy (non-hydrogen) atoms. The van der Waals surface area contributed by atoms with Crippen LogP contribution in [0.4, 0.5) is 4.79 Å². The molecule has 0 spiro atoms. The molecule has 0 bridgehead atoms. The number of amides is 3. The molecule has 120 valence electrons. The molecule has 2 fully saturated rings. The third kappa shape index (κ3) is 2.33. The zero-order valence-electron chi connectivity index (χ0n) is 11.2. The number of nitrogens with two attached hydrogens (primary N) is 1. The molecule has 3 amide bonds. The summed E-state index contributed by atoms with van der Waals surface area (Å²) in [4.78, 5) is 29.4. The van der Waals surface area contributed by atoms with E-state index in [9.17, 15) is 18.0 Å². The van der Waals surface area contributed by atoms with Gasteiger partial charge in [-0.3, -0.25) is 14.4 Å². The van der Waals surface area contributed by atoms with E-state index < -0.39 is 34.3 Å². The van der Waals surface area contributed by atoms with Crippen LogP contribution >= 0.6 is 11.3 Å². The number of likely N-dealkylation sites (tertiary alicyclic amines) is 1. The quantitative estimate of drug-likeness (QED) is 0.236. The third-order valence-corrected chi connectivity index (χ3v) is 5.28. The van der Waals surface area contributed by atoms with Gasteiger partial charge in [0.1, 0.15) is 6.04 Å². The lowest BCUT2D eigenvalue weighted by atomic mass is 10.0. The Balaban J connectivity index is 1.70. The Labute approximate surface area is 130 Å². The molecule has 2 saturated heterocycles. The van der Waals surface area contributed by atoms with E-state index >= 15 is 0 Å². The molecule has 0 aliphatic carbocycles.